The van der Waals surface area contributed by atoms with E-state index in [1.807, 2.05) is 5.51 Å². The lowest BCUT2D eigenvalue weighted by Gasteiger charge is -2.30. The second kappa shape index (κ2) is 7.13. The van der Waals surface area contributed by atoms with E-state index in [1.54, 1.807) is 11.3 Å². The van der Waals surface area contributed by atoms with Crippen molar-refractivity contribution in [3.05, 3.63) is 52.5 Å². The van der Waals surface area contributed by atoms with Crippen LogP contribution in [0, 0.1) is 0 Å². The van der Waals surface area contributed by atoms with Gasteiger partial charge < -0.3 is 14.4 Å². The zero-order valence-corrected chi connectivity index (χ0v) is 16.4. The molecular weight excluding hydrogens is 356 g/mol. The number of nitrogens with zero attached hydrogens (tertiary/aromatic N) is 2. The summed E-state index contributed by atoms with van der Waals surface area (Å²) in [4.78, 5) is 6.84. The van der Waals surface area contributed by atoms with Crippen molar-refractivity contribution in [1.82, 2.24) is 9.88 Å². The molecular formula is C22H24N2O2S. The first-order valence-electron chi connectivity index (χ1n) is 9.70. The number of ether oxygens (including phenoxy) is 2. The van der Waals surface area contributed by atoms with Gasteiger partial charge in [-0.25, -0.2) is 4.98 Å². The summed E-state index contributed by atoms with van der Waals surface area (Å²) in [6.45, 7) is 2.52. The molecule has 0 spiro atoms. The predicted molar refractivity (Wildman–Crippen MR) is 109 cm³/mol. The fourth-order valence-electron chi connectivity index (χ4n) is 4.40. The molecule has 2 aliphatic rings. The SMILES string of the molecule is CN(CCc1ccc2ncsc2c1)C[C@@H]1CCCc2c1ccc1c2OCO1. The summed E-state index contributed by atoms with van der Waals surface area (Å²) in [6, 6.07) is 11.0. The van der Waals surface area contributed by atoms with Crippen molar-refractivity contribution >= 4 is 21.6 Å². The van der Waals surface area contributed by atoms with Crippen LogP contribution in [0.15, 0.2) is 35.8 Å². The average Bonchev–Trinajstić information content (AvgIpc) is 3.35. The molecule has 5 heteroatoms. The zero-order valence-electron chi connectivity index (χ0n) is 15.6. The van der Waals surface area contributed by atoms with Crippen LogP contribution in [-0.2, 0) is 12.8 Å². The standard InChI is InChI=1S/C22H24N2O2S/c1-24(10-9-15-5-7-19-21(11-15)27-13-23-19)12-16-3-2-4-18-17(16)6-8-20-22(18)26-14-25-20/h5-8,11,13,16H,2-4,9-10,12,14H2,1H3/t16-/m0/s1. The van der Waals surface area contributed by atoms with Gasteiger partial charge in [0.1, 0.15) is 0 Å². The van der Waals surface area contributed by atoms with Crippen LogP contribution in [0.4, 0.5) is 0 Å². The van der Waals surface area contributed by atoms with Gasteiger partial charge in [-0.1, -0.05) is 12.1 Å². The highest BCUT2D eigenvalue weighted by atomic mass is 32.1. The van der Waals surface area contributed by atoms with Gasteiger partial charge in [-0.3, -0.25) is 0 Å². The third-order valence-corrected chi connectivity index (χ3v) is 6.60. The number of aromatic nitrogens is 1. The third kappa shape index (κ3) is 3.30. The number of benzene rings is 2. The van der Waals surface area contributed by atoms with Gasteiger partial charge in [0.2, 0.25) is 6.79 Å². The Labute approximate surface area is 163 Å². The van der Waals surface area contributed by atoms with E-state index in [-0.39, 0.29) is 0 Å². The maximum Gasteiger partial charge on any atom is 0.231 e. The van der Waals surface area contributed by atoms with Gasteiger partial charge in [-0.05, 0) is 68.0 Å². The Morgan fingerprint density at radius 1 is 1.22 bits per heavy atom. The lowest BCUT2D eigenvalue weighted by Crippen LogP contribution is -2.28. The molecule has 0 unspecified atom stereocenters. The van der Waals surface area contributed by atoms with Crippen molar-refractivity contribution in [3.63, 3.8) is 0 Å². The Morgan fingerprint density at radius 3 is 3.15 bits per heavy atom. The van der Waals surface area contributed by atoms with E-state index >= 15 is 0 Å². The second-order valence-electron chi connectivity index (χ2n) is 7.62. The summed E-state index contributed by atoms with van der Waals surface area (Å²) < 4.78 is 12.6. The first-order chi connectivity index (χ1) is 13.3. The van der Waals surface area contributed by atoms with Crippen LogP contribution in [0.5, 0.6) is 11.5 Å². The lowest BCUT2D eigenvalue weighted by molar-refractivity contribution is 0.173. The van der Waals surface area contributed by atoms with Gasteiger partial charge >= 0.3 is 0 Å². The monoisotopic (exact) mass is 380 g/mol. The molecule has 0 N–H and O–H groups in total. The van der Waals surface area contributed by atoms with E-state index in [1.165, 1.54) is 34.2 Å². The Bertz CT molecular complexity index is 968. The van der Waals surface area contributed by atoms with Gasteiger partial charge in [-0.2, -0.15) is 0 Å². The van der Waals surface area contributed by atoms with Crippen molar-refractivity contribution in [2.75, 3.05) is 26.9 Å². The molecule has 2 heterocycles. The zero-order chi connectivity index (χ0) is 18.2. The van der Waals surface area contributed by atoms with Crippen LogP contribution in [-0.4, -0.2) is 36.8 Å². The summed E-state index contributed by atoms with van der Waals surface area (Å²) in [6.07, 6.45) is 4.67. The molecule has 5 rings (SSSR count). The molecule has 1 aromatic heterocycles. The molecule has 1 atom stereocenters. The second-order valence-corrected chi connectivity index (χ2v) is 8.51. The van der Waals surface area contributed by atoms with Gasteiger partial charge in [0.05, 0.1) is 15.7 Å². The molecule has 0 bridgehead atoms. The Kier molecular flexibility index (Phi) is 4.50. The van der Waals surface area contributed by atoms with Crippen molar-refractivity contribution in [3.8, 4) is 11.5 Å². The van der Waals surface area contributed by atoms with E-state index in [0.717, 1.165) is 42.9 Å². The summed E-state index contributed by atoms with van der Waals surface area (Å²) in [5, 5.41) is 0. The van der Waals surface area contributed by atoms with Gasteiger partial charge in [0.15, 0.2) is 11.5 Å². The minimum atomic E-state index is 0.362. The average molecular weight is 381 g/mol. The molecule has 1 aliphatic heterocycles. The van der Waals surface area contributed by atoms with Crippen LogP contribution in [0.2, 0.25) is 0 Å². The van der Waals surface area contributed by atoms with E-state index in [4.69, 9.17) is 9.47 Å². The minimum absolute atomic E-state index is 0.362. The van der Waals surface area contributed by atoms with Crippen molar-refractivity contribution in [2.24, 2.45) is 0 Å². The molecule has 0 amide bonds. The van der Waals surface area contributed by atoms with E-state index < -0.39 is 0 Å². The molecule has 140 valence electrons. The first kappa shape index (κ1) is 17.0. The molecule has 0 saturated heterocycles. The molecule has 3 aromatic rings. The molecule has 1 aliphatic carbocycles. The Hall–Kier alpha value is -2.11. The van der Waals surface area contributed by atoms with Crippen LogP contribution in [0.3, 0.4) is 0 Å². The Balaban J connectivity index is 1.26. The van der Waals surface area contributed by atoms with Crippen LogP contribution in [0.25, 0.3) is 10.2 Å². The van der Waals surface area contributed by atoms with Gasteiger partial charge in [-0.15, -0.1) is 11.3 Å². The summed E-state index contributed by atoms with van der Waals surface area (Å²) in [5.41, 5.74) is 7.27. The number of fused-ring (bicyclic) bond motifs is 4. The number of thiazole rings is 1. The van der Waals surface area contributed by atoms with Gasteiger partial charge in [0, 0.05) is 18.7 Å². The molecule has 4 nitrogen and oxygen atoms in total. The predicted octanol–water partition coefficient (Wildman–Crippen LogP) is 4.62. The van der Waals surface area contributed by atoms with Crippen molar-refractivity contribution in [2.45, 2.75) is 31.6 Å². The fourth-order valence-corrected chi connectivity index (χ4v) is 5.14. The summed E-state index contributed by atoms with van der Waals surface area (Å²) in [7, 11) is 2.24. The third-order valence-electron chi connectivity index (χ3n) is 5.81. The van der Waals surface area contributed by atoms with Crippen molar-refractivity contribution < 1.29 is 9.47 Å². The number of likely N-dealkylation sites (N-methyl/N-ethyl adjacent to an activating group) is 1. The van der Waals surface area contributed by atoms with E-state index in [2.05, 4.69) is 47.3 Å². The highest BCUT2D eigenvalue weighted by molar-refractivity contribution is 7.16. The molecule has 0 saturated carbocycles. The first-order valence-corrected chi connectivity index (χ1v) is 10.6. The highest BCUT2D eigenvalue weighted by Crippen LogP contribution is 2.44. The van der Waals surface area contributed by atoms with Crippen LogP contribution in [0.1, 0.15) is 35.4 Å². The fraction of sp³-hybridized carbons (Fsp3) is 0.409. The lowest BCUT2D eigenvalue weighted by atomic mass is 9.82. The largest absolute Gasteiger partial charge is 0.454 e. The maximum atomic E-state index is 5.74. The van der Waals surface area contributed by atoms with E-state index in [0.29, 0.717) is 12.7 Å². The normalized spacial score (nSPS) is 18.2. The topological polar surface area (TPSA) is 34.6 Å². The number of hydrogen-bond donors (Lipinski definition) is 0. The minimum Gasteiger partial charge on any atom is -0.454 e. The Morgan fingerprint density at radius 2 is 2.19 bits per heavy atom. The molecule has 27 heavy (non-hydrogen) atoms. The van der Waals surface area contributed by atoms with Gasteiger partial charge in [0.25, 0.3) is 0 Å². The summed E-state index contributed by atoms with van der Waals surface area (Å²) in [5.74, 6) is 2.50. The smallest absolute Gasteiger partial charge is 0.231 e. The quantitative estimate of drug-likeness (QED) is 0.647. The number of rotatable bonds is 5. The van der Waals surface area contributed by atoms with Crippen molar-refractivity contribution in [1.29, 1.82) is 0 Å². The highest BCUT2D eigenvalue weighted by Gasteiger charge is 2.28. The van der Waals surface area contributed by atoms with Crippen LogP contribution >= 0.6 is 11.3 Å². The maximum absolute atomic E-state index is 5.74. The van der Waals surface area contributed by atoms with E-state index in [9.17, 15) is 0 Å². The van der Waals surface area contributed by atoms with Crippen LogP contribution < -0.4 is 9.47 Å². The molecule has 0 fully saturated rings. The molecule has 2 aromatic carbocycles. The molecule has 0 radical (unpaired) electrons. The summed E-state index contributed by atoms with van der Waals surface area (Å²) >= 11 is 1.72. The number of hydrogen-bond acceptors (Lipinski definition) is 5.